The zero-order valence-electron chi connectivity index (χ0n) is 11.2. The summed E-state index contributed by atoms with van der Waals surface area (Å²) >= 11 is 5.79. The van der Waals surface area contributed by atoms with Gasteiger partial charge in [0.2, 0.25) is 0 Å². The molecule has 0 heterocycles. The topological polar surface area (TPSA) is 44.5 Å². The molecule has 2 aromatic rings. The van der Waals surface area contributed by atoms with E-state index in [0.29, 0.717) is 22.6 Å². The fourth-order valence-corrected chi connectivity index (χ4v) is 2.19. The first kappa shape index (κ1) is 14.6. The minimum atomic E-state index is -0.696. The van der Waals surface area contributed by atoms with Gasteiger partial charge in [0.05, 0.1) is 25.3 Å². The van der Waals surface area contributed by atoms with Crippen LogP contribution in [0.25, 0.3) is 0 Å². The molecule has 0 aliphatic heterocycles. The second kappa shape index (κ2) is 6.11. The molecule has 0 saturated carbocycles. The van der Waals surface area contributed by atoms with E-state index < -0.39 is 11.9 Å². The van der Waals surface area contributed by atoms with Crippen molar-refractivity contribution in [3.05, 3.63) is 58.4 Å². The van der Waals surface area contributed by atoms with Gasteiger partial charge in [-0.1, -0.05) is 23.7 Å². The molecule has 0 amide bonds. The second-order valence-corrected chi connectivity index (χ2v) is 4.64. The summed E-state index contributed by atoms with van der Waals surface area (Å²) in [7, 11) is 3.09. The Morgan fingerprint density at radius 1 is 1.10 bits per heavy atom. The lowest BCUT2D eigenvalue weighted by atomic mass is 9.98. The van der Waals surface area contributed by atoms with Gasteiger partial charge in [0.15, 0.2) is 0 Å². The molecule has 0 bridgehead atoms. The van der Waals surface area contributed by atoms with Crippen molar-refractivity contribution >= 4 is 11.6 Å². The van der Waals surface area contributed by atoms with Crippen LogP contribution in [0.2, 0.25) is 5.02 Å². The van der Waals surface area contributed by atoms with Crippen LogP contribution in [0.15, 0.2) is 36.4 Å². The summed E-state index contributed by atoms with van der Waals surface area (Å²) in [6.07, 6.45) is 0. The van der Waals surface area contributed by atoms with Crippen LogP contribution in [0, 0.1) is 5.82 Å². The van der Waals surface area contributed by atoms with Crippen LogP contribution < -0.4 is 15.2 Å². The van der Waals surface area contributed by atoms with Crippen molar-refractivity contribution in [1.82, 2.24) is 0 Å². The van der Waals surface area contributed by atoms with Crippen LogP contribution in [0.1, 0.15) is 17.2 Å². The van der Waals surface area contributed by atoms with Crippen LogP contribution >= 0.6 is 11.6 Å². The summed E-state index contributed by atoms with van der Waals surface area (Å²) in [5.74, 6) is 0.669. The van der Waals surface area contributed by atoms with Crippen molar-refractivity contribution in [1.29, 1.82) is 0 Å². The Morgan fingerprint density at radius 2 is 1.85 bits per heavy atom. The molecule has 0 spiro atoms. The van der Waals surface area contributed by atoms with Gasteiger partial charge >= 0.3 is 0 Å². The largest absolute Gasteiger partial charge is 0.497 e. The summed E-state index contributed by atoms with van der Waals surface area (Å²) in [5, 5.41) is 0.0415. The average molecular weight is 296 g/mol. The van der Waals surface area contributed by atoms with Gasteiger partial charge in [0.1, 0.15) is 17.3 Å². The number of rotatable bonds is 4. The molecule has 2 rings (SSSR count). The van der Waals surface area contributed by atoms with E-state index in [9.17, 15) is 4.39 Å². The predicted molar refractivity (Wildman–Crippen MR) is 77.0 cm³/mol. The smallest absolute Gasteiger partial charge is 0.146 e. The lowest BCUT2D eigenvalue weighted by Crippen LogP contribution is -2.15. The van der Waals surface area contributed by atoms with E-state index in [4.69, 9.17) is 26.8 Å². The van der Waals surface area contributed by atoms with Crippen molar-refractivity contribution in [2.24, 2.45) is 5.73 Å². The SMILES string of the molecule is COc1ccc(OC)c(C(N)c2cccc(Cl)c2F)c1. The molecule has 106 valence electrons. The monoisotopic (exact) mass is 295 g/mol. The van der Waals surface area contributed by atoms with Crippen LogP contribution in [-0.4, -0.2) is 14.2 Å². The number of methoxy groups -OCH3 is 2. The zero-order valence-corrected chi connectivity index (χ0v) is 11.9. The summed E-state index contributed by atoms with van der Waals surface area (Å²) in [4.78, 5) is 0. The van der Waals surface area contributed by atoms with Crippen LogP contribution in [0.3, 0.4) is 0 Å². The molecule has 0 fully saturated rings. The second-order valence-electron chi connectivity index (χ2n) is 4.23. The quantitative estimate of drug-likeness (QED) is 0.938. The number of halogens is 2. The molecule has 3 nitrogen and oxygen atoms in total. The first-order valence-corrected chi connectivity index (χ1v) is 6.37. The van der Waals surface area contributed by atoms with Gasteiger partial charge in [0.25, 0.3) is 0 Å². The highest BCUT2D eigenvalue weighted by atomic mass is 35.5. The Labute approximate surface area is 122 Å². The third-order valence-corrected chi connectivity index (χ3v) is 3.38. The normalized spacial score (nSPS) is 12.1. The molecule has 0 saturated heterocycles. The fourth-order valence-electron chi connectivity index (χ4n) is 2.01. The van der Waals surface area contributed by atoms with Gasteiger partial charge < -0.3 is 15.2 Å². The average Bonchev–Trinajstić information content (AvgIpc) is 2.48. The van der Waals surface area contributed by atoms with E-state index in [1.807, 2.05) is 0 Å². The Morgan fingerprint density at radius 3 is 2.50 bits per heavy atom. The van der Waals surface area contributed by atoms with Gasteiger partial charge in [-0.25, -0.2) is 4.39 Å². The third-order valence-electron chi connectivity index (χ3n) is 3.09. The molecule has 2 N–H and O–H groups in total. The Hall–Kier alpha value is -1.78. The van der Waals surface area contributed by atoms with Crippen LogP contribution in [-0.2, 0) is 0 Å². The number of hydrogen-bond acceptors (Lipinski definition) is 3. The third kappa shape index (κ3) is 2.71. The molecule has 0 aliphatic carbocycles. The van der Waals surface area contributed by atoms with Crippen molar-refractivity contribution < 1.29 is 13.9 Å². The fraction of sp³-hybridized carbons (Fsp3) is 0.200. The Kier molecular flexibility index (Phi) is 4.47. The van der Waals surface area contributed by atoms with E-state index in [-0.39, 0.29) is 5.02 Å². The summed E-state index contributed by atoms with van der Waals surface area (Å²) in [6, 6.07) is 9.26. The molecular formula is C15H15ClFNO2. The Balaban J connectivity index is 2.51. The molecule has 0 aromatic heterocycles. The van der Waals surface area contributed by atoms with Gasteiger partial charge in [-0.15, -0.1) is 0 Å². The summed E-state index contributed by atoms with van der Waals surface area (Å²) < 4.78 is 24.5. The Bertz CT molecular complexity index is 619. The van der Waals surface area contributed by atoms with Crippen molar-refractivity contribution in [3.63, 3.8) is 0 Å². The number of benzene rings is 2. The van der Waals surface area contributed by atoms with Gasteiger partial charge in [-0.2, -0.15) is 0 Å². The minimum absolute atomic E-state index is 0.0415. The molecule has 1 atom stereocenters. The van der Waals surface area contributed by atoms with Gasteiger partial charge in [-0.05, 0) is 24.3 Å². The van der Waals surface area contributed by atoms with Gasteiger partial charge in [0, 0.05) is 11.1 Å². The molecule has 5 heteroatoms. The molecule has 20 heavy (non-hydrogen) atoms. The maximum Gasteiger partial charge on any atom is 0.146 e. The maximum absolute atomic E-state index is 14.1. The van der Waals surface area contributed by atoms with E-state index in [1.54, 1.807) is 37.4 Å². The minimum Gasteiger partial charge on any atom is -0.497 e. The van der Waals surface area contributed by atoms with Crippen molar-refractivity contribution in [3.8, 4) is 11.5 Å². The number of ether oxygens (including phenoxy) is 2. The standard InChI is InChI=1S/C15H15ClFNO2/c1-19-9-6-7-13(20-2)11(8-9)15(18)10-4-3-5-12(16)14(10)17/h3-8,15H,18H2,1-2H3. The lowest BCUT2D eigenvalue weighted by Gasteiger charge is -2.18. The number of nitrogens with two attached hydrogens (primary N) is 1. The van der Waals surface area contributed by atoms with E-state index in [1.165, 1.54) is 13.2 Å². The molecular weight excluding hydrogens is 281 g/mol. The molecule has 2 aromatic carbocycles. The highest BCUT2D eigenvalue weighted by molar-refractivity contribution is 6.30. The summed E-state index contributed by atoms with van der Waals surface area (Å²) in [5.41, 5.74) is 7.09. The zero-order chi connectivity index (χ0) is 14.7. The number of hydrogen-bond donors (Lipinski definition) is 1. The maximum atomic E-state index is 14.1. The highest BCUT2D eigenvalue weighted by Gasteiger charge is 2.19. The highest BCUT2D eigenvalue weighted by Crippen LogP contribution is 2.33. The van der Waals surface area contributed by atoms with E-state index in [2.05, 4.69) is 0 Å². The van der Waals surface area contributed by atoms with Crippen LogP contribution in [0.5, 0.6) is 11.5 Å². The summed E-state index contributed by atoms with van der Waals surface area (Å²) in [6.45, 7) is 0. The lowest BCUT2D eigenvalue weighted by molar-refractivity contribution is 0.396. The first-order valence-electron chi connectivity index (χ1n) is 6.00. The molecule has 0 radical (unpaired) electrons. The van der Waals surface area contributed by atoms with Crippen molar-refractivity contribution in [2.75, 3.05) is 14.2 Å². The molecule has 0 aliphatic rings. The predicted octanol–water partition coefficient (Wildman–Crippen LogP) is 3.54. The van der Waals surface area contributed by atoms with Crippen molar-refractivity contribution in [2.45, 2.75) is 6.04 Å². The van der Waals surface area contributed by atoms with E-state index in [0.717, 1.165) is 0 Å². The first-order chi connectivity index (χ1) is 9.58. The van der Waals surface area contributed by atoms with Gasteiger partial charge in [-0.3, -0.25) is 0 Å². The van der Waals surface area contributed by atoms with Crippen LogP contribution in [0.4, 0.5) is 4.39 Å². The molecule has 1 unspecified atom stereocenters. The van der Waals surface area contributed by atoms with E-state index >= 15 is 0 Å².